The molecule has 3 rings (SSSR count). The number of nitrogens with zero attached hydrogens (tertiary/aromatic N) is 1. The van der Waals surface area contributed by atoms with Crippen LogP contribution in [0.4, 0.5) is 8.78 Å². The maximum absolute atomic E-state index is 13.2. The summed E-state index contributed by atoms with van der Waals surface area (Å²) in [5.74, 6) is -1.27. The number of benzene rings is 2. The summed E-state index contributed by atoms with van der Waals surface area (Å²) in [7, 11) is 0. The molecule has 0 spiro atoms. The van der Waals surface area contributed by atoms with Gasteiger partial charge in [-0.05, 0) is 48.7 Å². The normalized spacial score (nSPS) is 17.6. The first kappa shape index (κ1) is 18.0. The van der Waals surface area contributed by atoms with Gasteiger partial charge in [0.25, 0.3) is 5.91 Å². The molecule has 1 atom stereocenters. The van der Waals surface area contributed by atoms with E-state index in [0.717, 1.165) is 23.4 Å². The fourth-order valence-electron chi connectivity index (χ4n) is 2.97. The summed E-state index contributed by atoms with van der Waals surface area (Å²) in [4.78, 5) is 14.4. The topological polar surface area (TPSA) is 29.5 Å². The minimum absolute atomic E-state index is 0.0357. The molecular formula is C19H18BrF2NO2. The number of ether oxygens (including phenoxy) is 1. The van der Waals surface area contributed by atoms with Crippen LogP contribution in [-0.2, 0) is 11.3 Å². The van der Waals surface area contributed by atoms with Crippen molar-refractivity contribution in [3.63, 3.8) is 0 Å². The number of carbonyl (C=O) groups is 1. The van der Waals surface area contributed by atoms with Crippen molar-refractivity contribution in [3.05, 3.63) is 69.7 Å². The minimum atomic E-state index is -0.617. The van der Waals surface area contributed by atoms with Gasteiger partial charge in [-0.25, -0.2) is 8.78 Å². The second-order valence-electron chi connectivity index (χ2n) is 6.11. The van der Waals surface area contributed by atoms with Crippen LogP contribution in [-0.4, -0.2) is 30.0 Å². The van der Waals surface area contributed by atoms with E-state index in [9.17, 15) is 13.6 Å². The van der Waals surface area contributed by atoms with Crippen molar-refractivity contribution in [2.24, 2.45) is 0 Å². The average Bonchev–Trinajstić information content (AvgIpc) is 2.59. The van der Waals surface area contributed by atoms with Gasteiger partial charge in [0.15, 0.2) is 0 Å². The number of hydrogen-bond donors (Lipinski definition) is 0. The van der Waals surface area contributed by atoms with E-state index in [1.165, 1.54) is 12.1 Å². The third-order valence-electron chi connectivity index (χ3n) is 4.14. The number of halogens is 3. The average molecular weight is 410 g/mol. The van der Waals surface area contributed by atoms with Gasteiger partial charge in [0.1, 0.15) is 11.6 Å². The lowest BCUT2D eigenvalue weighted by Gasteiger charge is -2.32. The Hall–Kier alpha value is -1.79. The molecule has 1 fully saturated rings. The van der Waals surface area contributed by atoms with Crippen LogP contribution in [0.15, 0.2) is 46.9 Å². The molecule has 3 nitrogen and oxygen atoms in total. The van der Waals surface area contributed by atoms with Gasteiger partial charge in [0, 0.05) is 29.2 Å². The van der Waals surface area contributed by atoms with Crippen molar-refractivity contribution in [2.45, 2.75) is 25.6 Å². The summed E-state index contributed by atoms with van der Waals surface area (Å²) in [6, 6.07) is 10.6. The van der Waals surface area contributed by atoms with Crippen molar-refractivity contribution >= 4 is 21.8 Å². The molecule has 2 aromatic carbocycles. The Bertz CT molecular complexity index is 749. The lowest BCUT2D eigenvalue weighted by atomic mass is 10.1. The molecule has 1 heterocycles. The molecule has 25 heavy (non-hydrogen) atoms. The Labute approximate surface area is 153 Å². The number of likely N-dealkylation sites (tertiary alicyclic amines) is 1. The molecule has 1 saturated heterocycles. The van der Waals surface area contributed by atoms with Gasteiger partial charge in [-0.3, -0.25) is 4.79 Å². The van der Waals surface area contributed by atoms with Gasteiger partial charge in [-0.1, -0.05) is 22.0 Å². The second kappa shape index (κ2) is 8.06. The molecule has 0 bridgehead atoms. The van der Waals surface area contributed by atoms with Crippen LogP contribution in [0.25, 0.3) is 0 Å². The standard InChI is InChI=1S/C19H18BrF2NO2/c20-15-4-1-3-14(9-15)19(24)23-6-2-5-18(11-23)25-12-13-7-16(21)10-17(22)8-13/h1,3-4,7-10,18H,2,5-6,11-12H2/t18-/m1/s1. The summed E-state index contributed by atoms with van der Waals surface area (Å²) < 4.78 is 33.1. The monoisotopic (exact) mass is 409 g/mol. The highest BCUT2D eigenvalue weighted by atomic mass is 79.9. The van der Waals surface area contributed by atoms with Crippen LogP contribution < -0.4 is 0 Å². The molecule has 1 amide bonds. The maximum atomic E-state index is 13.2. The highest BCUT2D eigenvalue weighted by Crippen LogP contribution is 2.20. The highest BCUT2D eigenvalue weighted by molar-refractivity contribution is 9.10. The predicted octanol–water partition coefficient (Wildman–Crippen LogP) is 4.55. The van der Waals surface area contributed by atoms with E-state index in [0.29, 0.717) is 24.2 Å². The lowest BCUT2D eigenvalue weighted by molar-refractivity contribution is -0.00686. The van der Waals surface area contributed by atoms with E-state index in [-0.39, 0.29) is 18.6 Å². The number of piperidine rings is 1. The Kier molecular flexibility index (Phi) is 5.81. The van der Waals surface area contributed by atoms with Gasteiger partial charge >= 0.3 is 0 Å². The number of amides is 1. The van der Waals surface area contributed by atoms with E-state index in [1.54, 1.807) is 17.0 Å². The van der Waals surface area contributed by atoms with Crippen LogP contribution >= 0.6 is 15.9 Å². The van der Waals surface area contributed by atoms with Gasteiger partial charge in [-0.2, -0.15) is 0 Å². The quantitative estimate of drug-likeness (QED) is 0.741. The summed E-state index contributed by atoms with van der Waals surface area (Å²) >= 11 is 3.37. The zero-order chi connectivity index (χ0) is 17.8. The van der Waals surface area contributed by atoms with Gasteiger partial charge < -0.3 is 9.64 Å². The number of hydrogen-bond acceptors (Lipinski definition) is 2. The van der Waals surface area contributed by atoms with Crippen molar-refractivity contribution < 1.29 is 18.3 Å². The van der Waals surface area contributed by atoms with Crippen LogP contribution in [0.1, 0.15) is 28.8 Å². The van der Waals surface area contributed by atoms with Gasteiger partial charge in [0.2, 0.25) is 0 Å². The van der Waals surface area contributed by atoms with Crippen molar-refractivity contribution in [2.75, 3.05) is 13.1 Å². The van der Waals surface area contributed by atoms with Crippen LogP contribution in [0.3, 0.4) is 0 Å². The molecule has 132 valence electrons. The largest absolute Gasteiger partial charge is 0.372 e. The minimum Gasteiger partial charge on any atom is -0.372 e. The van der Waals surface area contributed by atoms with Gasteiger partial charge in [0.05, 0.1) is 12.7 Å². The second-order valence-corrected chi connectivity index (χ2v) is 7.03. The third kappa shape index (κ3) is 4.86. The molecule has 0 aliphatic carbocycles. The smallest absolute Gasteiger partial charge is 0.253 e. The molecule has 0 radical (unpaired) electrons. The summed E-state index contributed by atoms with van der Waals surface area (Å²) in [5.41, 5.74) is 1.08. The Morgan fingerprint density at radius 3 is 2.68 bits per heavy atom. The fraction of sp³-hybridized carbons (Fsp3) is 0.316. The van der Waals surface area contributed by atoms with E-state index in [4.69, 9.17) is 4.74 Å². The predicted molar refractivity (Wildman–Crippen MR) is 94.2 cm³/mol. The maximum Gasteiger partial charge on any atom is 0.253 e. The van der Waals surface area contributed by atoms with Crippen molar-refractivity contribution in [1.29, 1.82) is 0 Å². The van der Waals surface area contributed by atoms with E-state index in [2.05, 4.69) is 15.9 Å². The van der Waals surface area contributed by atoms with E-state index in [1.807, 2.05) is 12.1 Å². The third-order valence-corrected chi connectivity index (χ3v) is 4.64. The Morgan fingerprint density at radius 1 is 1.20 bits per heavy atom. The molecule has 6 heteroatoms. The highest BCUT2D eigenvalue weighted by Gasteiger charge is 2.25. The SMILES string of the molecule is O=C(c1cccc(Br)c1)N1CCC[C@@H](OCc2cc(F)cc(F)c2)C1. The molecule has 0 unspecified atom stereocenters. The summed E-state index contributed by atoms with van der Waals surface area (Å²) in [6.07, 6.45) is 1.51. The first-order valence-electron chi connectivity index (χ1n) is 8.12. The Balaban J connectivity index is 1.60. The van der Waals surface area contributed by atoms with E-state index < -0.39 is 11.6 Å². The molecule has 0 N–H and O–H groups in total. The van der Waals surface area contributed by atoms with Crippen molar-refractivity contribution in [3.8, 4) is 0 Å². The summed E-state index contributed by atoms with van der Waals surface area (Å²) in [6.45, 7) is 1.28. The van der Waals surface area contributed by atoms with E-state index >= 15 is 0 Å². The Morgan fingerprint density at radius 2 is 1.96 bits per heavy atom. The molecular weight excluding hydrogens is 392 g/mol. The summed E-state index contributed by atoms with van der Waals surface area (Å²) in [5, 5.41) is 0. The van der Waals surface area contributed by atoms with Crippen LogP contribution in [0, 0.1) is 11.6 Å². The van der Waals surface area contributed by atoms with Gasteiger partial charge in [-0.15, -0.1) is 0 Å². The molecule has 0 saturated carbocycles. The van der Waals surface area contributed by atoms with Crippen LogP contribution in [0.2, 0.25) is 0 Å². The fourth-order valence-corrected chi connectivity index (χ4v) is 3.37. The molecule has 2 aromatic rings. The van der Waals surface area contributed by atoms with Crippen LogP contribution in [0.5, 0.6) is 0 Å². The number of carbonyl (C=O) groups excluding carboxylic acids is 1. The first-order chi connectivity index (χ1) is 12.0. The zero-order valence-corrected chi connectivity index (χ0v) is 15.1. The molecule has 0 aromatic heterocycles. The van der Waals surface area contributed by atoms with Crippen molar-refractivity contribution in [1.82, 2.24) is 4.90 Å². The number of rotatable bonds is 4. The molecule has 1 aliphatic rings. The lowest BCUT2D eigenvalue weighted by Crippen LogP contribution is -2.43. The first-order valence-corrected chi connectivity index (χ1v) is 8.92. The zero-order valence-electron chi connectivity index (χ0n) is 13.6. The molecule has 1 aliphatic heterocycles.